The highest BCUT2D eigenvalue weighted by Gasteiger charge is 2.15. The Bertz CT molecular complexity index is 759. The second-order valence-corrected chi connectivity index (χ2v) is 6.07. The van der Waals surface area contributed by atoms with Gasteiger partial charge in [-0.05, 0) is 42.3 Å². The van der Waals surface area contributed by atoms with E-state index in [4.69, 9.17) is 21.1 Å². The fraction of sp³-hybridized carbons (Fsp3) is 0.263. The maximum absolute atomic E-state index is 12.1. The third-order valence-electron chi connectivity index (χ3n) is 3.73. The molecular weight excluding hydrogens is 342 g/mol. The number of amides is 1. The summed E-state index contributed by atoms with van der Waals surface area (Å²) in [5.74, 6) is -0.255. The number of carbonyl (C=O) groups excluding carboxylic acids is 2. The van der Waals surface area contributed by atoms with E-state index in [0.717, 1.165) is 11.1 Å². The van der Waals surface area contributed by atoms with E-state index in [1.54, 1.807) is 37.4 Å². The monoisotopic (exact) mass is 361 g/mol. The number of rotatable bonds is 6. The van der Waals surface area contributed by atoms with Crippen molar-refractivity contribution in [3.8, 4) is 5.75 Å². The Morgan fingerprint density at radius 2 is 1.80 bits per heavy atom. The third-order valence-corrected chi connectivity index (χ3v) is 3.98. The quantitative estimate of drug-likeness (QED) is 0.739. The first kappa shape index (κ1) is 18.8. The summed E-state index contributed by atoms with van der Waals surface area (Å²) >= 11 is 5.84. The summed E-state index contributed by atoms with van der Waals surface area (Å²) in [6.45, 7) is 1.97. The Kier molecular flexibility index (Phi) is 6.42. The van der Waals surface area contributed by atoms with Gasteiger partial charge in [0.1, 0.15) is 5.75 Å². The number of methoxy groups -OCH3 is 1. The molecule has 0 bridgehead atoms. The summed E-state index contributed by atoms with van der Waals surface area (Å²) in [5, 5.41) is 0.639. The maximum Gasteiger partial charge on any atom is 0.338 e. The zero-order valence-electron chi connectivity index (χ0n) is 14.4. The lowest BCUT2D eigenvalue weighted by Gasteiger charge is -2.17. The van der Waals surface area contributed by atoms with E-state index in [9.17, 15) is 9.59 Å². The largest absolute Gasteiger partial charge is 0.496 e. The second-order valence-electron chi connectivity index (χ2n) is 5.64. The van der Waals surface area contributed by atoms with Gasteiger partial charge in [0.2, 0.25) is 0 Å². The van der Waals surface area contributed by atoms with Crippen molar-refractivity contribution in [3.05, 3.63) is 64.2 Å². The third kappa shape index (κ3) is 5.22. The fourth-order valence-electron chi connectivity index (χ4n) is 2.22. The normalized spacial score (nSPS) is 10.2. The minimum Gasteiger partial charge on any atom is -0.496 e. The van der Waals surface area contributed by atoms with Crippen molar-refractivity contribution in [2.24, 2.45) is 0 Å². The van der Waals surface area contributed by atoms with E-state index in [2.05, 4.69) is 0 Å². The van der Waals surface area contributed by atoms with E-state index >= 15 is 0 Å². The van der Waals surface area contributed by atoms with E-state index in [1.165, 1.54) is 12.0 Å². The van der Waals surface area contributed by atoms with Crippen LogP contribution in [0.15, 0.2) is 42.5 Å². The van der Waals surface area contributed by atoms with Crippen LogP contribution in [-0.2, 0) is 16.1 Å². The van der Waals surface area contributed by atoms with Crippen LogP contribution in [0.3, 0.4) is 0 Å². The summed E-state index contributed by atoms with van der Waals surface area (Å²) in [6.07, 6.45) is 0. The highest BCUT2D eigenvalue weighted by Crippen LogP contribution is 2.19. The van der Waals surface area contributed by atoms with E-state index in [1.807, 2.05) is 19.1 Å². The van der Waals surface area contributed by atoms with Crippen LogP contribution in [0, 0.1) is 6.92 Å². The molecule has 132 valence electrons. The SMILES string of the molecule is COc1cc(C(=O)OCC(=O)N(C)Cc2ccc(Cl)cc2)ccc1C. The van der Waals surface area contributed by atoms with E-state index in [-0.39, 0.29) is 12.5 Å². The van der Waals surface area contributed by atoms with Crippen molar-refractivity contribution < 1.29 is 19.1 Å². The zero-order chi connectivity index (χ0) is 18.4. The van der Waals surface area contributed by atoms with Crippen LogP contribution >= 0.6 is 11.6 Å². The van der Waals surface area contributed by atoms with Gasteiger partial charge in [0, 0.05) is 18.6 Å². The molecule has 0 saturated carbocycles. The lowest BCUT2D eigenvalue weighted by atomic mass is 10.1. The Morgan fingerprint density at radius 3 is 2.44 bits per heavy atom. The molecule has 0 aliphatic rings. The summed E-state index contributed by atoms with van der Waals surface area (Å²) in [7, 11) is 3.19. The number of hydrogen-bond donors (Lipinski definition) is 0. The number of esters is 1. The molecule has 2 aromatic carbocycles. The molecule has 0 N–H and O–H groups in total. The molecule has 25 heavy (non-hydrogen) atoms. The van der Waals surface area contributed by atoms with Gasteiger partial charge in [-0.2, -0.15) is 0 Å². The Labute approximate surface area is 152 Å². The van der Waals surface area contributed by atoms with Gasteiger partial charge in [-0.25, -0.2) is 4.79 Å². The smallest absolute Gasteiger partial charge is 0.338 e. The number of aryl methyl sites for hydroxylation is 1. The molecule has 0 saturated heterocycles. The first-order valence-electron chi connectivity index (χ1n) is 7.71. The average Bonchev–Trinajstić information content (AvgIpc) is 2.61. The van der Waals surface area contributed by atoms with E-state index < -0.39 is 5.97 Å². The number of hydrogen-bond acceptors (Lipinski definition) is 4. The molecule has 6 heteroatoms. The minimum atomic E-state index is -0.563. The van der Waals surface area contributed by atoms with Crippen molar-refractivity contribution in [2.75, 3.05) is 20.8 Å². The summed E-state index contributed by atoms with van der Waals surface area (Å²) in [5.41, 5.74) is 2.20. The number of benzene rings is 2. The predicted octanol–water partition coefficient (Wildman–Crippen LogP) is 3.47. The number of nitrogens with zero attached hydrogens (tertiary/aromatic N) is 1. The van der Waals surface area contributed by atoms with E-state index in [0.29, 0.717) is 22.9 Å². The number of halogens is 1. The van der Waals surface area contributed by atoms with Gasteiger partial charge in [0.15, 0.2) is 6.61 Å². The highest BCUT2D eigenvalue weighted by atomic mass is 35.5. The number of likely N-dealkylation sites (N-methyl/N-ethyl adjacent to an activating group) is 1. The molecule has 0 aromatic heterocycles. The average molecular weight is 362 g/mol. The van der Waals surface area contributed by atoms with Crippen LogP contribution < -0.4 is 4.74 Å². The van der Waals surface area contributed by atoms with Crippen LogP contribution in [-0.4, -0.2) is 37.5 Å². The molecule has 0 unspecified atom stereocenters. The predicted molar refractivity (Wildman–Crippen MR) is 95.9 cm³/mol. The summed E-state index contributed by atoms with van der Waals surface area (Å²) in [4.78, 5) is 25.7. The number of carbonyl (C=O) groups is 2. The minimum absolute atomic E-state index is 0.289. The first-order valence-corrected chi connectivity index (χ1v) is 8.08. The molecule has 1 amide bonds. The second kappa shape index (κ2) is 8.53. The van der Waals surface area contributed by atoms with Gasteiger partial charge in [0.25, 0.3) is 5.91 Å². The van der Waals surface area contributed by atoms with Gasteiger partial charge < -0.3 is 14.4 Å². The summed E-state index contributed by atoms with van der Waals surface area (Å²) < 4.78 is 10.3. The van der Waals surface area contributed by atoms with Crippen molar-refractivity contribution in [3.63, 3.8) is 0 Å². The lowest BCUT2D eigenvalue weighted by Crippen LogP contribution is -2.30. The molecule has 0 aliphatic carbocycles. The Morgan fingerprint density at radius 1 is 1.12 bits per heavy atom. The van der Waals surface area contributed by atoms with Gasteiger partial charge in [-0.1, -0.05) is 29.8 Å². The summed E-state index contributed by atoms with van der Waals surface area (Å²) in [6, 6.07) is 12.2. The molecule has 0 radical (unpaired) electrons. The van der Waals surface area contributed by atoms with Crippen LogP contribution in [0.5, 0.6) is 5.75 Å². The first-order chi connectivity index (χ1) is 11.9. The van der Waals surface area contributed by atoms with Crippen molar-refractivity contribution in [1.82, 2.24) is 4.90 Å². The molecule has 0 spiro atoms. The number of ether oxygens (including phenoxy) is 2. The van der Waals surface area contributed by atoms with Crippen molar-refractivity contribution in [2.45, 2.75) is 13.5 Å². The van der Waals surface area contributed by atoms with Crippen LogP contribution in [0.25, 0.3) is 0 Å². The maximum atomic E-state index is 12.1. The topological polar surface area (TPSA) is 55.8 Å². The van der Waals surface area contributed by atoms with Crippen LogP contribution in [0.1, 0.15) is 21.5 Å². The fourth-order valence-corrected chi connectivity index (χ4v) is 2.35. The van der Waals surface area contributed by atoms with Crippen molar-refractivity contribution in [1.29, 1.82) is 0 Å². The van der Waals surface area contributed by atoms with Crippen LogP contribution in [0.2, 0.25) is 5.02 Å². The van der Waals surface area contributed by atoms with Gasteiger partial charge in [-0.15, -0.1) is 0 Å². The Hall–Kier alpha value is -2.53. The van der Waals surface area contributed by atoms with Gasteiger partial charge in [0.05, 0.1) is 12.7 Å². The zero-order valence-corrected chi connectivity index (χ0v) is 15.2. The standard InChI is InChI=1S/C19H20ClNO4/c1-13-4-7-15(10-17(13)24-3)19(23)25-12-18(22)21(2)11-14-5-8-16(20)9-6-14/h4-10H,11-12H2,1-3H3. The lowest BCUT2D eigenvalue weighted by molar-refractivity contribution is -0.133. The highest BCUT2D eigenvalue weighted by molar-refractivity contribution is 6.30. The molecule has 2 rings (SSSR count). The molecule has 0 atom stereocenters. The van der Waals surface area contributed by atoms with Gasteiger partial charge >= 0.3 is 5.97 Å². The molecule has 0 fully saturated rings. The Balaban J connectivity index is 1.90. The van der Waals surface area contributed by atoms with Crippen LogP contribution in [0.4, 0.5) is 0 Å². The van der Waals surface area contributed by atoms with Crippen molar-refractivity contribution >= 4 is 23.5 Å². The molecule has 0 aliphatic heterocycles. The molecule has 0 heterocycles. The van der Waals surface area contributed by atoms with Gasteiger partial charge in [-0.3, -0.25) is 4.79 Å². The molecule has 5 nitrogen and oxygen atoms in total. The molecular formula is C19H20ClNO4. The molecule has 2 aromatic rings.